The molecule has 146 valence electrons. The maximum atomic E-state index is 11.3. The van der Waals surface area contributed by atoms with Crippen molar-refractivity contribution in [1.29, 1.82) is 0 Å². The molecule has 0 atom stereocenters. The van der Waals surface area contributed by atoms with Gasteiger partial charge in [-0.05, 0) is 24.3 Å². The number of anilines is 1. The molecule has 4 N–H and O–H groups in total. The highest BCUT2D eigenvalue weighted by Crippen LogP contribution is 2.52. The topological polar surface area (TPSA) is 124 Å². The molecule has 11 heteroatoms. The zero-order valence-electron chi connectivity index (χ0n) is 14.3. The Kier molecular flexibility index (Phi) is 5.51. The molecule has 1 aliphatic rings. The van der Waals surface area contributed by atoms with Crippen molar-refractivity contribution in [2.45, 2.75) is 11.4 Å². The van der Waals surface area contributed by atoms with Crippen LogP contribution < -0.4 is 14.2 Å². The fourth-order valence-electron chi connectivity index (χ4n) is 2.59. The van der Waals surface area contributed by atoms with Gasteiger partial charge in [-0.15, -0.1) is 0 Å². The van der Waals surface area contributed by atoms with Crippen LogP contribution in [0.15, 0.2) is 35.4 Å². The second-order valence-corrected chi connectivity index (χ2v) is 7.87. The third-order valence-electron chi connectivity index (χ3n) is 3.85. The van der Waals surface area contributed by atoms with Gasteiger partial charge in [0.25, 0.3) is 0 Å². The average molecular weight is 416 g/mol. The normalized spacial score (nSPS) is 14.6. The van der Waals surface area contributed by atoms with Gasteiger partial charge in [0, 0.05) is 10.6 Å². The quantitative estimate of drug-likeness (QED) is 0.595. The molecule has 2 aromatic rings. The van der Waals surface area contributed by atoms with E-state index in [4.69, 9.17) is 21.1 Å². The van der Waals surface area contributed by atoms with E-state index in [0.29, 0.717) is 16.5 Å². The Morgan fingerprint density at radius 3 is 2.89 bits per heavy atom. The highest BCUT2D eigenvalue weighted by molar-refractivity contribution is 8.25. The van der Waals surface area contributed by atoms with Crippen molar-refractivity contribution in [2.24, 2.45) is 0 Å². The number of ether oxygens (including phenoxy) is 2. The summed E-state index contributed by atoms with van der Waals surface area (Å²) in [5.74, 6) is 0.566. The van der Waals surface area contributed by atoms with Gasteiger partial charge in [-0.1, -0.05) is 22.4 Å². The van der Waals surface area contributed by atoms with Crippen LogP contribution in [0, 0.1) is 0 Å². The molecule has 0 aliphatic carbocycles. The minimum absolute atomic E-state index is 0.0763. The SMILES string of the molecule is COc1ccc(Cl)cc1S(O)(O)Nc1cnc2c(c1)CN(C(=O)O)CCO2. The molecule has 1 aliphatic heterocycles. The smallest absolute Gasteiger partial charge is 0.407 e. The third kappa shape index (κ3) is 4.30. The first-order chi connectivity index (χ1) is 12.8. The molecule has 1 aromatic heterocycles. The number of carbonyl (C=O) groups is 1. The summed E-state index contributed by atoms with van der Waals surface area (Å²) in [4.78, 5) is 16.7. The van der Waals surface area contributed by atoms with Crippen molar-refractivity contribution < 1.29 is 28.5 Å². The van der Waals surface area contributed by atoms with Crippen LogP contribution in [-0.4, -0.2) is 50.5 Å². The van der Waals surface area contributed by atoms with Crippen LogP contribution in [-0.2, 0) is 6.54 Å². The number of benzene rings is 1. The summed E-state index contributed by atoms with van der Waals surface area (Å²) in [7, 11) is -2.11. The fourth-order valence-corrected chi connectivity index (χ4v) is 4.10. The lowest BCUT2D eigenvalue weighted by atomic mass is 10.2. The number of hydrogen-bond acceptors (Lipinski definition) is 7. The number of carboxylic acid groups (broad SMARTS) is 1. The van der Waals surface area contributed by atoms with Gasteiger partial charge in [0.2, 0.25) is 5.88 Å². The molecule has 0 fully saturated rings. The lowest BCUT2D eigenvalue weighted by Crippen LogP contribution is -2.30. The van der Waals surface area contributed by atoms with E-state index in [0.717, 1.165) is 0 Å². The number of amides is 1. The number of rotatable bonds is 4. The molecular weight excluding hydrogens is 398 g/mol. The van der Waals surface area contributed by atoms with Crippen molar-refractivity contribution in [3.05, 3.63) is 41.0 Å². The average Bonchev–Trinajstić information content (AvgIpc) is 2.83. The lowest BCUT2D eigenvalue weighted by Gasteiger charge is -2.34. The van der Waals surface area contributed by atoms with Gasteiger partial charge >= 0.3 is 6.09 Å². The van der Waals surface area contributed by atoms with E-state index >= 15 is 0 Å². The van der Waals surface area contributed by atoms with Crippen molar-refractivity contribution in [3.8, 4) is 11.6 Å². The van der Waals surface area contributed by atoms with Crippen molar-refractivity contribution in [1.82, 2.24) is 9.88 Å². The van der Waals surface area contributed by atoms with Gasteiger partial charge in [-0.2, -0.15) is 0 Å². The highest BCUT2D eigenvalue weighted by atomic mass is 35.5. The molecule has 2 heterocycles. The summed E-state index contributed by atoms with van der Waals surface area (Å²) in [6, 6.07) is 6.06. The minimum atomic E-state index is -3.51. The van der Waals surface area contributed by atoms with Crippen LogP contribution in [0.4, 0.5) is 10.5 Å². The predicted octanol–water partition coefficient (Wildman–Crippen LogP) is 3.75. The first kappa shape index (κ1) is 19.4. The Morgan fingerprint density at radius 2 is 2.19 bits per heavy atom. The number of fused-ring (bicyclic) bond motifs is 1. The highest BCUT2D eigenvalue weighted by Gasteiger charge is 2.24. The maximum absolute atomic E-state index is 11.3. The number of methoxy groups -OCH3 is 1. The molecular formula is C16H18ClN3O6S. The Labute approximate surface area is 162 Å². The molecule has 0 unspecified atom stereocenters. The van der Waals surface area contributed by atoms with Crippen LogP contribution in [0.2, 0.25) is 5.02 Å². The number of nitrogens with zero attached hydrogens (tertiary/aromatic N) is 2. The summed E-state index contributed by atoms with van der Waals surface area (Å²) in [5, 5.41) is 9.53. The Morgan fingerprint density at radius 1 is 1.41 bits per heavy atom. The summed E-state index contributed by atoms with van der Waals surface area (Å²) in [6.45, 7) is 0.476. The first-order valence-electron chi connectivity index (χ1n) is 7.79. The van der Waals surface area contributed by atoms with E-state index in [2.05, 4.69) is 9.71 Å². The van der Waals surface area contributed by atoms with Gasteiger partial charge in [-0.3, -0.25) is 13.8 Å². The summed E-state index contributed by atoms with van der Waals surface area (Å²) in [6.07, 6.45) is 0.304. The maximum Gasteiger partial charge on any atom is 0.407 e. The lowest BCUT2D eigenvalue weighted by molar-refractivity contribution is 0.137. The molecule has 1 amide bonds. The molecule has 0 spiro atoms. The van der Waals surface area contributed by atoms with Gasteiger partial charge in [0.1, 0.15) is 17.3 Å². The molecule has 1 aromatic carbocycles. The number of halogens is 1. The van der Waals surface area contributed by atoms with Crippen LogP contribution in [0.5, 0.6) is 11.6 Å². The van der Waals surface area contributed by atoms with Gasteiger partial charge in [-0.25, -0.2) is 9.78 Å². The van der Waals surface area contributed by atoms with E-state index < -0.39 is 16.9 Å². The van der Waals surface area contributed by atoms with E-state index in [9.17, 15) is 19.0 Å². The standard InChI is InChI=1S/C16H18ClN3O6S/c1-25-13-3-2-11(17)7-14(13)27(23,24)19-12-6-10-9-20(16(21)22)4-5-26-15(10)18-8-12/h2-3,6-8,19,23-24H,4-5,9H2,1H3,(H,21,22). The summed E-state index contributed by atoms with van der Waals surface area (Å²) in [5.41, 5.74) is 0.791. The Hall–Kier alpha value is -2.40. The molecule has 27 heavy (non-hydrogen) atoms. The molecule has 0 radical (unpaired) electrons. The molecule has 0 bridgehead atoms. The Balaban J connectivity index is 1.90. The van der Waals surface area contributed by atoms with Gasteiger partial charge in [0.15, 0.2) is 0 Å². The zero-order valence-corrected chi connectivity index (χ0v) is 15.8. The fraction of sp³-hybridized carbons (Fsp3) is 0.250. The van der Waals surface area contributed by atoms with E-state index in [1.54, 1.807) is 12.1 Å². The summed E-state index contributed by atoms with van der Waals surface area (Å²) < 4.78 is 34.4. The molecule has 9 nitrogen and oxygen atoms in total. The van der Waals surface area contributed by atoms with Crippen LogP contribution in [0.3, 0.4) is 0 Å². The Bertz CT molecular complexity index is 866. The van der Waals surface area contributed by atoms with E-state index in [1.807, 2.05) is 0 Å². The van der Waals surface area contributed by atoms with Crippen LogP contribution >= 0.6 is 22.4 Å². The summed E-state index contributed by atoms with van der Waals surface area (Å²) >= 11 is 5.96. The zero-order chi connectivity index (χ0) is 19.6. The number of hydrogen-bond donors (Lipinski definition) is 4. The van der Waals surface area contributed by atoms with Gasteiger partial charge in [0.05, 0.1) is 32.1 Å². The van der Waals surface area contributed by atoms with E-state index in [-0.39, 0.29) is 36.0 Å². The third-order valence-corrected chi connectivity index (χ3v) is 5.54. The second kappa shape index (κ2) is 7.69. The van der Waals surface area contributed by atoms with E-state index in [1.165, 1.54) is 30.3 Å². The largest absolute Gasteiger partial charge is 0.495 e. The number of nitrogens with one attached hydrogen (secondary N) is 1. The van der Waals surface area contributed by atoms with Crippen molar-refractivity contribution >= 4 is 34.2 Å². The number of aromatic nitrogens is 1. The van der Waals surface area contributed by atoms with Gasteiger partial charge < -0.3 is 19.5 Å². The van der Waals surface area contributed by atoms with Crippen LogP contribution in [0.25, 0.3) is 0 Å². The second-order valence-electron chi connectivity index (χ2n) is 5.69. The number of pyridine rings is 1. The van der Waals surface area contributed by atoms with Crippen molar-refractivity contribution in [2.75, 3.05) is 25.0 Å². The monoisotopic (exact) mass is 415 g/mol. The minimum Gasteiger partial charge on any atom is -0.495 e. The molecule has 0 saturated heterocycles. The van der Waals surface area contributed by atoms with Crippen molar-refractivity contribution in [3.63, 3.8) is 0 Å². The predicted molar refractivity (Wildman–Crippen MR) is 101 cm³/mol. The molecule has 0 saturated carbocycles. The first-order valence-corrected chi connectivity index (χ1v) is 9.72. The van der Waals surface area contributed by atoms with Crippen LogP contribution in [0.1, 0.15) is 5.56 Å². The molecule has 3 rings (SSSR count).